The van der Waals surface area contributed by atoms with Gasteiger partial charge in [0.2, 0.25) is 0 Å². The SMILES string of the molecule is COc1cccc(NC(=O)N2CCCC(c3nn(C)c(=O)n3C(C)C)C2)c1OC. The molecule has 2 heterocycles. The number of anilines is 1. The van der Waals surface area contributed by atoms with Crippen LogP contribution in [0.4, 0.5) is 10.5 Å². The molecule has 2 aromatic rings. The highest BCUT2D eigenvalue weighted by atomic mass is 16.5. The summed E-state index contributed by atoms with van der Waals surface area (Å²) in [6.07, 6.45) is 1.73. The Morgan fingerprint density at radius 2 is 2.03 bits per heavy atom. The topological polar surface area (TPSA) is 90.6 Å². The minimum Gasteiger partial charge on any atom is -0.493 e. The lowest BCUT2D eigenvalue weighted by Crippen LogP contribution is -2.42. The number of benzene rings is 1. The van der Waals surface area contributed by atoms with Crippen molar-refractivity contribution in [3.8, 4) is 11.5 Å². The third kappa shape index (κ3) is 4.08. The van der Waals surface area contributed by atoms with Crippen LogP contribution in [0.25, 0.3) is 0 Å². The van der Waals surface area contributed by atoms with E-state index in [-0.39, 0.29) is 23.7 Å². The number of piperidine rings is 1. The lowest BCUT2D eigenvalue weighted by atomic mass is 9.97. The van der Waals surface area contributed by atoms with E-state index in [0.29, 0.717) is 30.3 Å². The molecule has 9 nitrogen and oxygen atoms in total. The van der Waals surface area contributed by atoms with Gasteiger partial charge < -0.3 is 19.7 Å². The van der Waals surface area contributed by atoms with E-state index in [9.17, 15) is 9.59 Å². The molecule has 0 saturated carbocycles. The van der Waals surface area contributed by atoms with Gasteiger partial charge in [0.05, 0.1) is 19.9 Å². The fraction of sp³-hybridized carbons (Fsp3) is 0.550. The minimum absolute atomic E-state index is 0.0106. The number of nitrogens with one attached hydrogen (secondary N) is 1. The first-order valence-electron chi connectivity index (χ1n) is 9.79. The van der Waals surface area contributed by atoms with Gasteiger partial charge in [0, 0.05) is 32.1 Å². The Balaban J connectivity index is 1.79. The Bertz CT molecular complexity index is 933. The van der Waals surface area contributed by atoms with Gasteiger partial charge in [-0.25, -0.2) is 14.3 Å². The molecule has 1 fully saturated rings. The normalized spacial score (nSPS) is 16.8. The van der Waals surface area contributed by atoms with Crippen molar-refractivity contribution < 1.29 is 14.3 Å². The fourth-order valence-electron chi connectivity index (χ4n) is 3.81. The molecule has 1 aromatic carbocycles. The molecular weight excluding hydrogens is 374 g/mol. The van der Waals surface area contributed by atoms with E-state index in [2.05, 4.69) is 10.4 Å². The maximum absolute atomic E-state index is 12.9. The highest BCUT2D eigenvalue weighted by Gasteiger charge is 2.30. The summed E-state index contributed by atoms with van der Waals surface area (Å²) in [6, 6.07) is 5.14. The Labute approximate surface area is 170 Å². The van der Waals surface area contributed by atoms with Crippen LogP contribution in [0.15, 0.2) is 23.0 Å². The van der Waals surface area contributed by atoms with Crippen LogP contribution in [-0.4, -0.2) is 52.6 Å². The lowest BCUT2D eigenvalue weighted by Gasteiger charge is -2.32. The van der Waals surface area contributed by atoms with Crippen molar-refractivity contribution >= 4 is 11.7 Å². The van der Waals surface area contributed by atoms with E-state index in [1.165, 1.54) is 11.8 Å². The second-order valence-corrected chi connectivity index (χ2v) is 7.48. The molecule has 0 spiro atoms. The van der Waals surface area contributed by atoms with Gasteiger partial charge in [0.15, 0.2) is 11.5 Å². The number of carbonyl (C=O) groups is 1. The summed E-state index contributed by atoms with van der Waals surface area (Å²) < 4.78 is 13.8. The highest BCUT2D eigenvalue weighted by Crippen LogP contribution is 2.35. The second-order valence-electron chi connectivity index (χ2n) is 7.48. The molecule has 2 amide bonds. The maximum Gasteiger partial charge on any atom is 0.345 e. The molecular formula is C20H29N5O4. The number of urea groups is 1. The Kier molecular flexibility index (Phi) is 6.14. The summed E-state index contributed by atoms with van der Waals surface area (Å²) in [5.74, 6) is 1.79. The molecule has 1 aliphatic heterocycles. The van der Waals surface area contributed by atoms with Gasteiger partial charge in [-0.1, -0.05) is 6.07 Å². The van der Waals surface area contributed by atoms with Crippen LogP contribution in [0.2, 0.25) is 0 Å². The largest absolute Gasteiger partial charge is 0.493 e. The Morgan fingerprint density at radius 3 is 2.69 bits per heavy atom. The quantitative estimate of drug-likeness (QED) is 0.829. The molecule has 9 heteroatoms. The smallest absolute Gasteiger partial charge is 0.345 e. The average molecular weight is 403 g/mol. The van der Waals surface area contributed by atoms with Gasteiger partial charge in [-0.15, -0.1) is 0 Å². The summed E-state index contributed by atoms with van der Waals surface area (Å²) in [6.45, 7) is 5.08. The van der Waals surface area contributed by atoms with Crippen LogP contribution in [-0.2, 0) is 7.05 Å². The van der Waals surface area contributed by atoms with Crippen molar-refractivity contribution in [3.05, 3.63) is 34.5 Å². The number of aryl methyl sites for hydroxylation is 1. The molecule has 29 heavy (non-hydrogen) atoms. The van der Waals surface area contributed by atoms with Crippen LogP contribution in [0.1, 0.15) is 44.5 Å². The zero-order valence-electron chi connectivity index (χ0n) is 17.6. The van der Waals surface area contributed by atoms with Gasteiger partial charge in [-0.3, -0.25) is 4.57 Å². The van der Waals surface area contributed by atoms with E-state index >= 15 is 0 Å². The molecule has 1 aliphatic rings. The second kappa shape index (κ2) is 8.59. The number of nitrogens with zero attached hydrogens (tertiary/aromatic N) is 4. The molecule has 0 radical (unpaired) electrons. The number of hydrogen-bond donors (Lipinski definition) is 1. The van der Waals surface area contributed by atoms with Crippen LogP contribution in [0.3, 0.4) is 0 Å². The Morgan fingerprint density at radius 1 is 1.28 bits per heavy atom. The third-order valence-corrected chi connectivity index (χ3v) is 5.22. The lowest BCUT2D eigenvalue weighted by molar-refractivity contribution is 0.190. The number of hydrogen-bond acceptors (Lipinski definition) is 5. The molecule has 1 atom stereocenters. The van der Waals surface area contributed by atoms with E-state index in [1.807, 2.05) is 13.8 Å². The first-order valence-corrected chi connectivity index (χ1v) is 9.79. The van der Waals surface area contributed by atoms with Gasteiger partial charge in [-0.05, 0) is 38.8 Å². The number of aromatic nitrogens is 3. The molecule has 1 saturated heterocycles. The summed E-state index contributed by atoms with van der Waals surface area (Å²) >= 11 is 0. The van der Waals surface area contributed by atoms with Gasteiger partial charge in [-0.2, -0.15) is 5.10 Å². The zero-order valence-corrected chi connectivity index (χ0v) is 17.6. The van der Waals surface area contributed by atoms with Crippen molar-refractivity contribution in [2.24, 2.45) is 7.05 Å². The van der Waals surface area contributed by atoms with E-state index in [4.69, 9.17) is 9.47 Å². The van der Waals surface area contributed by atoms with Crippen molar-refractivity contribution in [1.82, 2.24) is 19.2 Å². The van der Waals surface area contributed by atoms with Crippen LogP contribution >= 0.6 is 0 Å². The fourth-order valence-corrected chi connectivity index (χ4v) is 3.81. The molecule has 1 unspecified atom stereocenters. The van der Waals surface area contributed by atoms with Gasteiger partial charge in [0.1, 0.15) is 5.82 Å². The van der Waals surface area contributed by atoms with Crippen molar-refractivity contribution in [1.29, 1.82) is 0 Å². The van der Waals surface area contributed by atoms with E-state index in [0.717, 1.165) is 18.7 Å². The van der Waals surface area contributed by atoms with Crippen molar-refractivity contribution in [2.45, 2.75) is 38.6 Å². The van der Waals surface area contributed by atoms with Gasteiger partial charge >= 0.3 is 11.7 Å². The minimum atomic E-state index is -0.212. The van der Waals surface area contributed by atoms with Crippen LogP contribution < -0.4 is 20.5 Å². The molecule has 1 N–H and O–H groups in total. The summed E-state index contributed by atoms with van der Waals surface area (Å²) in [5.41, 5.74) is 0.425. The van der Waals surface area contributed by atoms with Crippen molar-refractivity contribution in [2.75, 3.05) is 32.6 Å². The van der Waals surface area contributed by atoms with Crippen molar-refractivity contribution in [3.63, 3.8) is 0 Å². The number of likely N-dealkylation sites (tertiary alicyclic amines) is 1. The standard InChI is InChI=1S/C20H29N5O4/c1-13(2)25-18(22-23(3)20(25)27)14-8-7-11-24(12-14)19(26)21-15-9-6-10-16(28-4)17(15)29-5/h6,9-10,13-14H,7-8,11-12H2,1-5H3,(H,21,26). The first kappa shape index (κ1) is 20.8. The molecule has 1 aromatic heterocycles. The predicted octanol–water partition coefficient (Wildman–Crippen LogP) is 2.59. The summed E-state index contributed by atoms with van der Waals surface area (Å²) in [4.78, 5) is 27.1. The highest BCUT2D eigenvalue weighted by molar-refractivity contribution is 5.91. The summed E-state index contributed by atoms with van der Waals surface area (Å²) in [7, 11) is 4.75. The Hall–Kier alpha value is -2.97. The number of methoxy groups -OCH3 is 2. The van der Waals surface area contributed by atoms with E-state index in [1.54, 1.807) is 41.8 Å². The predicted molar refractivity (Wildman–Crippen MR) is 110 cm³/mol. The van der Waals surface area contributed by atoms with Gasteiger partial charge in [0.25, 0.3) is 0 Å². The number of rotatable bonds is 5. The number of para-hydroxylation sites is 1. The monoisotopic (exact) mass is 403 g/mol. The maximum atomic E-state index is 12.9. The molecule has 0 aliphatic carbocycles. The molecule has 0 bridgehead atoms. The van der Waals surface area contributed by atoms with E-state index < -0.39 is 0 Å². The third-order valence-electron chi connectivity index (χ3n) is 5.22. The number of ether oxygens (including phenoxy) is 2. The van der Waals surface area contributed by atoms with Crippen LogP contribution in [0, 0.1) is 0 Å². The zero-order chi connectivity index (χ0) is 21.1. The molecule has 3 rings (SSSR count). The number of carbonyl (C=O) groups excluding carboxylic acids is 1. The first-order chi connectivity index (χ1) is 13.9. The number of amides is 2. The van der Waals surface area contributed by atoms with Crippen LogP contribution in [0.5, 0.6) is 11.5 Å². The summed E-state index contributed by atoms with van der Waals surface area (Å²) in [5, 5.41) is 7.37. The average Bonchev–Trinajstić information content (AvgIpc) is 3.02. The molecule has 158 valence electrons.